The molecule has 30 heavy (non-hydrogen) atoms. The standard InChI is InChI=1S/C23H18N4O3/c28-20(15-16-9-3-1-4-10-16)24-19-14-8-7-13-18(19)21(29)25-23-27-26-22(30-23)17-11-5-2-6-12-17/h1-14H,15H2,(H,24,28)(H,25,27,29). The molecule has 2 N–H and O–H groups in total. The summed E-state index contributed by atoms with van der Waals surface area (Å²) in [6.07, 6.45) is 0.209. The number of aromatic nitrogens is 2. The van der Waals surface area contributed by atoms with E-state index in [1.807, 2.05) is 60.7 Å². The van der Waals surface area contributed by atoms with Crippen molar-refractivity contribution < 1.29 is 14.0 Å². The van der Waals surface area contributed by atoms with Crippen molar-refractivity contribution in [3.05, 3.63) is 96.1 Å². The number of hydrogen-bond acceptors (Lipinski definition) is 5. The lowest BCUT2D eigenvalue weighted by Gasteiger charge is -2.10. The Morgan fingerprint density at radius 1 is 0.767 bits per heavy atom. The first-order valence-corrected chi connectivity index (χ1v) is 9.32. The summed E-state index contributed by atoms with van der Waals surface area (Å²) in [7, 11) is 0. The quantitative estimate of drug-likeness (QED) is 0.508. The topological polar surface area (TPSA) is 97.1 Å². The summed E-state index contributed by atoms with van der Waals surface area (Å²) in [6.45, 7) is 0. The van der Waals surface area contributed by atoms with E-state index >= 15 is 0 Å². The van der Waals surface area contributed by atoms with Gasteiger partial charge in [0, 0.05) is 5.56 Å². The molecular weight excluding hydrogens is 380 g/mol. The van der Waals surface area contributed by atoms with Crippen LogP contribution in [0.5, 0.6) is 0 Å². The van der Waals surface area contributed by atoms with Gasteiger partial charge < -0.3 is 9.73 Å². The van der Waals surface area contributed by atoms with E-state index in [0.29, 0.717) is 17.1 Å². The van der Waals surface area contributed by atoms with Crippen LogP contribution < -0.4 is 10.6 Å². The Kier molecular flexibility index (Phi) is 5.61. The number of para-hydroxylation sites is 1. The zero-order valence-corrected chi connectivity index (χ0v) is 15.9. The van der Waals surface area contributed by atoms with Gasteiger partial charge in [-0.1, -0.05) is 65.8 Å². The van der Waals surface area contributed by atoms with E-state index in [-0.39, 0.29) is 18.3 Å². The molecule has 4 aromatic rings. The van der Waals surface area contributed by atoms with Crippen molar-refractivity contribution in [1.29, 1.82) is 0 Å². The molecule has 7 nitrogen and oxygen atoms in total. The number of carbonyl (C=O) groups is 2. The van der Waals surface area contributed by atoms with Gasteiger partial charge in [0.15, 0.2) is 0 Å². The highest BCUT2D eigenvalue weighted by molar-refractivity contribution is 6.09. The van der Waals surface area contributed by atoms with Gasteiger partial charge in [-0.3, -0.25) is 14.9 Å². The fourth-order valence-electron chi connectivity index (χ4n) is 2.90. The van der Waals surface area contributed by atoms with Gasteiger partial charge in [-0.25, -0.2) is 0 Å². The second-order valence-corrected chi connectivity index (χ2v) is 6.49. The summed E-state index contributed by atoms with van der Waals surface area (Å²) in [5, 5.41) is 13.2. The number of rotatable bonds is 6. The maximum atomic E-state index is 12.7. The molecule has 4 rings (SSSR count). The number of amides is 2. The van der Waals surface area contributed by atoms with Gasteiger partial charge >= 0.3 is 6.01 Å². The second-order valence-electron chi connectivity index (χ2n) is 6.49. The molecule has 0 aliphatic heterocycles. The lowest BCUT2D eigenvalue weighted by Crippen LogP contribution is -2.19. The molecule has 0 spiro atoms. The first-order chi connectivity index (χ1) is 14.7. The van der Waals surface area contributed by atoms with E-state index in [2.05, 4.69) is 20.8 Å². The predicted molar refractivity (Wildman–Crippen MR) is 113 cm³/mol. The highest BCUT2D eigenvalue weighted by Gasteiger charge is 2.16. The van der Waals surface area contributed by atoms with Gasteiger partial charge in [0.1, 0.15) is 0 Å². The lowest BCUT2D eigenvalue weighted by atomic mass is 10.1. The minimum atomic E-state index is -0.464. The summed E-state index contributed by atoms with van der Waals surface area (Å²) < 4.78 is 5.52. The minimum Gasteiger partial charge on any atom is -0.403 e. The molecule has 0 saturated carbocycles. The third kappa shape index (κ3) is 4.59. The van der Waals surface area contributed by atoms with Crippen molar-refractivity contribution in [2.75, 3.05) is 10.6 Å². The maximum absolute atomic E-state index is 12.7. The minimum absolute atomic E-state index is 0.0238. The van der Waals surface area contributed by atoms with Gasteiger partial charge in [0.05, 0.1) is 17.7 Å². The number of nitrogens with one attached hydrogen (secondary N) is 2. The van der Waals surface area contributed by atoms with Crippen LogP contribution in [0.15, 0.2) is 89.3 Å². The number of hydrogen-bond donors (Lipinski definition) is 2. The Morgan fingerprint density at radius 2 is 1.43 bits per heavy atom. The average molecular weight is 398 g/mol. The van der Waals surface area contributed by atoms with E-state index in [4.69, 9.17) is 4.42 Å². The van der Waals surface area contributed by atoms with Gasteiger partial charge in [-0.2, -0.15) is 0 Å². The monoisotopic (exact) mass is 398 g/mol. The summed E-state index contributed by atoms with van der Waals surface area (Å²) in [5.74, 6) is -0.380. The maximum Gasteiger partial charge on any atom is 0.322 e. The third-order valence-electron chi connectivity index (χ3n) is 4.32. The molecule has 0 unspecified atom stereocenters. The van der Waals surface area contributed by atoms with E-state index in [0.717, 1.165) is 11.1 Å². The van der Waals surface area contributed by atoms with E-state index in [9.17, 15) is 9.59 Å². The molecule has 3 aromatic carbocycles. The molecule has 1 heterocycles. The van der Waals surface area contributed by atoms with Crippen molar-refractivity contribution >= 4 is 23.5 Å². The summed E-state index contributed by atoms with van der Waals surface area (Å²) >= 11 is 0. The molecule has 0 bridgehead atoms. The molecule has 0 radical (unpaired) electrons. The Labute approximate surface area is 172 Å². The Morgan fingerprint density at radius 3 is 2.20 bits per heavy atom. The van der Waals surface area contributed by atoms with Crippen LogP contribution in [0.25, 0.3) is 11.5 Å². The summed E-state index contributed by atoms with van der Waals surface area (Å²) in [4.78, 5) is 25.1. The Bertz CT molecular complexity index is 1160. The van der Waals surface area contributed by atoms with Gasteiger partial charge in [0.2, 0.25) is 11.8 Å². The molecular formula is C23H18N4O3. The van der Waals surface area contributed by atoms with Gasteiger partial charge in [-0.05, 0) is 29.8 Å². The van der Waals surface area contributed by atoms with E-state index in [1.165, 1.54) is 0 Å². The SMILES string of the molecule is O=C(Cc1ccccc1)Nc1ccccc1C(=O)Nc1nnc(-c2ccccc2)o1. The third-order valence-corrected chi connectivity index (χ3v) is 4.32. The molecule has 0 saturated heterocycles. The highest BCUT2D eigenvalue weighted by atomic mass is 16.4. The lowest BCUT2D eigenvalue weighted by molar-refractivity contribution is -0.115. The first-order valence-electron chi connectivity index (χ1n) is 9.32. The smallest absolute Gasteiger partial charge is 0.322 e. The van der Waals surface area contributed by atoms with E-state index < -0.39 is 5.91 Å². The average Bonchev–Trinajstić information content (AvgIpc) is 3.24. The Balaban J connectivity index is 1.46. The van der Waals surface area contributed by atoms with Crippen molar-refractivity contribution in [2.24, 2.45) is 0 Å². The number of carbonyl (C=O) groups excluding carboxylic acids is 2. The largest absolute Gasteiger partial charge is 0.403 e. The number of benzene rings is 3. The van der Waals surface area contributed by atoms with Crippen LogP contribution in [0, 0.1) is 0 Å². The molecule has 0 aliphatic carbocycles. The first kappa shape index (κ1) is 19.1. The zero-order chi connectivity index (χ0) is 20.8. The van der Waals surface area contributed by atoms with Crippen LogP contribution in [-0.2, 0) is 11.2 Å². The predicted octanol–water partition coefficient (Wildman–Crippen LogP) is 4.17. The molecule has 2 amide bonds. The molecule has 0 aliphatic rings. The molecule has 148 valence electrons. The van der Waals surface area contributed by atoms with Crippen LogP contribution in [0.3, 0.4) is 0 Å². The highest BCUT2D eigenvalue weighted by Crippen LogP contribution is 2.21. The van der Waals surface area contributed by atoms with Gasteiger partial charge in [-0.15, -0.1) is 5.10 Å². The van der Waals surface area contributed by atoms with Crippen LogP contribution in [0.4, 0.5) is 11.7 Å². The number of anilines is 2. The van der Waals surface area contributed by atoms with Crippen molar-refractivity contribution in [3.8, 4) is 11.5 Å². The summed E-state index contributed by atoms with van der Waals surface area (Å²) in [6, 6.07) is 25.3. The van der Waals surface area contributed by atoms with Crippen LogP contribution in [0.1, 0.15) is 15.9 Å². The van der Waals surface area contributed by atoms with Crippen LogP contribution >= 0.6 is 0 Å². The molecule has 0 atom stereocenters. The molecule has 1 aromatic heterocycles. The molecule has 0 fully saturated rings. The summed E-state index contributed by atoms with van der Waals surface area (Å²) in [5.41, 5.74) is 2.33. The second kappa shape index (κ2) is 8.83. The normalized spacial score (nSPS) is 10.4. The van der Waals surface area contributed by atoms with Gasteiger partial charge in [0.25, 0.3) is 5.91 Å². The number of nitrogens with zero attached hydrogens (tertiary/aromatic N) is 2. The fraction of sp³-hybridized carbons (Fsp3) is 0.0435. The fourth-order valence-corrected chi connectivity index (χ4v) is 2.90. The van der Waals surface area contributed by atoms with Crippen LogP contribution in [0.2, 0.25) is 0 Å². The van der Waals surface area contributed by atoms with E-state index in [1.54, 1.807) is 24.3 Å². The zero-order valence-electron chi connectivity index (χ0n) is 15.9. The van der Waals surface area contributed by atoms with Crippen molar-refractivity contribution in [1.82, 2.24) is 10.2 Å². The van der Waals surface area contributed by atoms with Crippen molar-refractivity contribution in [3.63, 3.8) is 0 Å². The molecule has 7 heteroatoms. The Hall–Kier alpha value is -4.26. The van der Waals surface area contributed by atoms with Crippen LogP contribution in [-0.4, -0.2) is 22.0 Å². The van der Waals surface area contributed by atoms with Crippen molar-refractivity contribution in [2.45, 2.75) is 6.42 Å².